The van der Waals surface area contributed by atoms with Crippen LogP contribution in [0.2, 0.25) is 0 Å². The number of hydrogen-bond acceptors (Lipinski definition) is 5. The lowest BCUT2D eigenvalue weighted by Crippen LogP contribution is -2.02. The number of aromatic nitrogens is 3. The maximum Gasteiger partial charge on any atom is 0.511 e. The molecule has 7 heteroatoms. The summed E-state index contributed by atoms with van der Waals surface area (Å²) in [6.07, 6.45) is 0.332. The third-order valence-corrected chi connectivity index (χ3v) is 2.95. The molecule has 0 saturated carbocycles. The molecule has 2 heterocycles. The van der Waals surface area contributed by atoms with E-state index in [1.165, 1.54) is 0 Å². The van der Waals surface area contributed by atoms with E-state index in [4.69, 9.17) is 5.11 Å². The number of H-pyrrole nitrogens is 1. The van der Waals surface area contributed by atoms with Crippen LogP contribution in [-0.2, 0) is 0 Å². The molecule has 0 bridgehead atoms. The van der Waals surface area contributed by atoms with Crippen molar-refractivity contribution in [3.05, 3.63) is 36.5 Å². The van der Waals surface area contributed by atoms with Crippen molar-refractivity contribution in [3.63, 3.8) is 0 Å². The minimum atomic E-state index is -1.33. The lowest BCUT2D eigenvalue weighted by molar-refractivity contribution is 0.144. The van der Waals surface area contributed by atoms with Crippen LogP contribution < -0.4 is 10.1 Å². The number of rotatable bonds is 3. The largest absolute Gasteiger partial charge is 0.511 e. The minimum absolute atomic E-state index is 0.277. The van der Waals surface area contributed by atoms with Crippen LogP contribution in [0, 0.1) is 0 Å². The summed E-state index contributed by atoms with van der Waals surface area (Å²) < 4.78 is 4.64. The van der Waals surface area contributed by atoms with Crippen LogP contribution in [0.15, 0.2) is 36.5 Å². The third kappa shape index (κ3) is 2.62. The molecule has 0 amide bonds. The van der Waals surface area contributed by atoms with E-state index < -0.39 is 6.16 Å². The molecule has 3 N–H and O–H groups in total. The number of aromatic amines is 1. The molecule has 0 saturated heterocycles. The second kappa shape index (κ2) is 5.12. The molecule has 0 fully saturated rings. The van der Waals surface area contributed by atoms with Gasteiger partial charge in [0.2, 0.25) is 5.95 Å². The van der Waals surface area contributed by atoms with Crippen LogP contribution >= 0.6 is 0 Å². The molecule has 3 aromatic rings. The third-order valence-electron chi connectivity index (χ3n) is 2.95. The summed E-state index contributed by atoms with van der Waals surface area (Å²) in [4.78, 5) is 22.2. The number of anilines is 1. The first-order chi connectivity index (χ1) is 10.2. The van der Waals surface area contributed by atoms with Gasteiger partial charge in [-0.3, -0.25) is 0 Å². The van der Waals surface area contributed by atoms with Gasteiger partial charge in [0, 0.05) is 24.1 Å². The van der Waals surface area contributed by atoms with Gasteiger partial charge in [-0.15, -0.1) is 0 Å². The second-order valence-corrected chi connectivity index (χ2v) is 4.32. The molecule has 106 valence electrons. The van der Waals surface area contributed by atoms with Crippen LogP contribution in [0.1, 0.15) is 0 Å². The van der Waals surface area contributed by atoms with Crippen molar-refractivity contribution in [3.8, 4) is 17.1 Å². The first-order valence-electron chi connectivity index (χ1n) is 6.20. The van der Waals surface area contributed by atoms with E-state index in [1.807, 2.05) is 6.07 Å². The average molecular weight is 284 g/mol. The molecule has 7 nitrogen and oxygen atoms in total. The maximum absolute atomic E-state index is 10.5. The topological polar surface area (TPSA) is 100 Å². The number of carboxylic acid groups (broad SMARTS) is 1. The fraction of sp³-hybridized carbons (Fsp3) is 0.0714. The number of benzene rings is 1. The number of fused-ring (bicyclic) bond motifs is 1. The fourth-order valence-electron chi connectivity index (χ4n) is 2.04. The molecule has 0 aliphatic carbocycles. The lowest BCUT2D eigenvalue weighted by Gasteiger charge is -2.00. The van der Waals surface area contributed by atoms with E-state index in [0.717, 1.165) is 22.3 Å². The van der Waals surface area contributed by atoms with Gasteiger partial charge in [0.15, 0.2) is 0 Å². The Bertz CT molecular complexity index is 813. The highest BCUT2D eigenvalue weighted by molar-refractivity contribution is 5.86. The molecule has 0 unspecified atom stereocenters. The van der Waals surface area contributed by atoms with E-state index in [2.05, 4.69) is 25.0 Å². The number of nitrogens with one attached hydrogen (secondary N) is 2. The Morgan fingerprint density at radius 1 is 1.33 bits per heavy atom. The van der Waals surface area contributed by atoms with Gasteiger partial charge in [-0.25, -0.2) is 14.8 Å². The van der Waals surface area contributed by atoms with Crippen LogP contribution in [0.3, 0.4) is 0 Å². The monoisotopic (exact) mass is 284 g/mol. The Kier molecular flexibility index (Phi) is 3.15. The van der Waals surface area contributed by atoms with Crippen molar-refractivity contribution in [1.82, 2.24) is 15.0 Å². The first-order valence-corrected chi connectivity index (χ1v) is 6.20. The molecule has 0 radical (unpaired) electrons. The van der Waals surface area contributed by atoms with Gasteiger partial charge in [-0.1, -0.05) is 0 Å². The predicted molar refractivity (Wildman–Crippen MR) is 77.5 cm³/mol. The van der Waals surface area contributed by atoms with E-state index in [-0.39, 0.29) is 5.75 Å². The first kappa shape index (κ1) is 12.9. The summed E-state index contributed by atoms with van der Waals surface area (Å²) in [6, 6.07) is 8.68. The molecular formula is C14H12N4O3. The minimum Gasteiger partial charge on any atom is -0.449 e. The second-order valence-electron chi connectivity index (χ2n) is 4.32. The zero-order valence-corrected chi connectivity index (χ0v) is 11.1. The van der Waals surface area contributed by atoms with Gasteiger partial charge in [0.25, 0.3) is 0 Å². The van der Waals surface area contributed by atoms with Crippen molar-refractivity contribution < 1.29 is 14.6 Å². The predicted octanol–water partition coefficient (Wildman–Crippen LogP) is 2.72. The Balaban J connectivity index is 2.02. The lowest BCUT2D eigenvalue weighted by atomic mass is 10.2. The number of carbonyl (C=O) groups is 1. The van der Waals surface area contributed by atoms with Gasteiger partial charge in [-0.05, 0) is 30.3 Å². The summed E-state index contributed by atoms with van der Waals surface area (Å²) in [5, 5.41) is 12.3. The van der Waals surface area contributed by atoms with Crippen molar-refractivity contribution in [1.29, 1.82) is 0 Å². The number of hydrogen-bond donors (Lipinski definition) is 3. The van der Waals surface area contributed by atoms with Crippen molar-refractivity contribution >= 4 is 23.0 Å². The molecule has 0 spiro atoms. The Morgan fingerprint density at radius 2 is 2.19 bits per heavy atom. The summed E-state index contributed by atoms with van der Waals surface area (Å²) in [5.41, 5.74) is 2.43. The number of nitrogens with zero attached hydrogens (tertiary/aromatic N) is 2. The van der Waals surface area contributed by atoms with Crippen LogP contribution in [0.25, 0.3) is 22.3 Å². The Hall–Kier alpha value is -3.09. The van der Waals surface area contributed by atoms with Gasteiger partial charge >= 0.3 is 6.16 Å². The summed E-state index contributed by atoms with van der Waals surface area (Å²) >= 11 is 0. The molecule has 21 heavy (non-hydrogen) atoms. The van der Waals surface area contributed by atoms with E-state index in [1.54, 1.807) is 37.5 Å². The summed E-state index contributed by atoms with van der Waals surface area (Å²) in [6.45, 7) is 0. The molecule has 3 rings (SSSR count). The molecule has 0 aliphatic rings. The zero-order chi connectivity index (χ0) is 14.8. The SMILES string of the molecule is CNc1nccc(-c2cc3cc(OC(=O)O)ccc3[nH]2)n1. The highest BCUT2D eigenvalue weighted by Crippen LogP contribution is 2.26. The maximum atomic E-state index is 10.5. The van der Waals surface area contributed by atoms with Crippen LogP contribution in [0.5, 0.6) is 5.75 Å². The van der Waals surface area contributed by atoms with E-state index in [9.17, 15) is 4.79 Å². The standard InChI is InChI=1S/C14H12N4O3/c1-15-13-16-5-4-11(18-13)12-7-8-6-9(21-14(19)20)2-3-10(8)17-12/h2-7,17H,1H3,(H,19,20)(H,15,16,18). The average Bonchev–Trinajstić information content (AvgIpc) is 2.90. The highest BCUT2D eigenvalue weighted by atomic mass is 16.7. The molecule has 2 aromatic heterocycles. The van der Waals surface area contributed by atoms with Gasteiger partial charge in [-0.2, -0.15) is 0 Å². The van der Waals surface area contributed by atoms with Crippen LogP contribution in [0.4, 0.5) is 10.7 Å². The summed E-state index contributed by atoms with van der Waals surface area (Å²) in [7, 11) is 1.75. The van der Waals surface area contributed by atoms with Gasteiger partial charge in [0.1, 0.15) is 5.75 Å². The van der Waals surface area contributed by atoms with E-state index in [0.29, 0.717) is 5.95 Å². The molecule has 0 atom stereocenters. The quantitative estimate of drug-likeness (QED) is 0.505. The highest BCUT2D eigenvalue weighted by Gasteiger charge is 2.08. The van der Waals surface area contributed by atoms with Crippen molar-refractivity contribution in [2.45, 2.75) is 0 Å². The molecular weight excluding hydrogens is 272 g/mol. The normalized spacial score (nSPS) is 10.5. The number of ether oxygens (including phenoxy) is 1. The van der Waals surface area contributed by atoms with Crippen molar-refractivity contribution in [2.24, 2.45) is 0 Å². The molecule has 0 aliphatic heterocycles. The Morgan fingerprint density at radius 3 is 2.95 bits per heavy atom. The fourth-order valence-corrected chi connectivity index (χ4v) is 2.04. The van der Waals surface area contributed by atoms with Gasteiger partial charge < -0.3 is 20.1 Å². The van der Waals surface area contributed by atoms with Crippen LogP contribution in [-0.4, -0.2) is 33.3 Å². The zero-order valence-electron chi connectivity index (χ0n) is 11.1. The summed E-state index contributed by atoms with van der Waals surface area (Å²) in [5.74, 6) is 0.806. The Labute approximate surface area is 119 Å². The van der Waals surface area contributed by atoms with Gasteiger partial charge in [0.05, 0.1) is 11.4 Å². The van der Waals surface area contributed by atoms with Crippen molar-refractivity contribution in [2.75, 3.05) is 12.4 Å². The smallest absolute Gasteiger partial charge is 0.449 e. The van der Waals surface area contributed by atoms with E-state index >= 15 is 0 Å². The molecule has 1 aromatic carbocycles.